The normalized spacial score (nSPS) is 11.4. The minimum atomic E-state index is -4.55. The molecule has 4 nitrogen and oxygen atoms in total. The number of amides is 1. The Morgan fingerprint density at radius 3 is 2.54 bits per heavy atom. The first kappa shape index (κ1) is 18.6. The summed E-state index contributed by atoms with van der Waals surface area (Å²) < 4.78 is 45.2. The second kappa shape index (κ2) is 7.23. The van der Waals surface area contributed by atoms with Crippen LogP contribution in [-0.2, 0) is 6.18 Å². The Bertz CT molecular complexity index is 968. The zero-order chi connectivity index (χ0) is 18.9. The predicted molar refractivity (Wildman–Crippen MR) is 104 cm³/mol. The van der Waals surface area contributed by atoms with Crippen molar-refractivity contribution in [3.63, 3.8) is 0 Å². The molecule has 0 unspecified atom stereocenters. The second-order valence-corrected chi connectivity index (χ2v) is 6.90. The Labute approximate surface area is 164 Å². The molecule has 2 aromatic carbocycles. The third kappa shape index (κ3) is 4.15. The van der Waals surface area contributed by atoms with E-state index in [0.717, 1.165) is 11.5 Å². The SMILES string of the molecule is O=C(NC(=S)Nc1ccc(I)cc1C(F)(F)F)c1cc2ccccc2o1. The Balaban J connectivity index is 1.76. The lowest BCUT2D eigenvalue weighted by Gasteiger charge is -2.15. The largest absolute Gasteiger partial charge is 0.451 e. The van der Waals surface area contributed by atoms with E-state index >= 15 is 0 Å². The van der Waals surface area contributed by atoms with Crippen molar-refractivity contribution in [2.45, 2.75) is 6.18 Å². The average molecular weight is 490 g/mol. The number of alkyl halides is 3. The number of anilines is 1. The number of rotatable bonds is 2. The summed E-state index contributed by atoms with van der Waals surface area (Å²) in [6.07, 6.45) is -4.55. The van der Waals surface area contributed by atoms with Gasteiger partial charge in [-0.3, -0.25) is 10.1 Å². The maximum absolute atomic E-state index is 13.1. The Morgan fingerprint density at radius 1 is 1.12 bits per heavy atom. The third-order valence-corrected chi connectivity index (χ3v) is 4.29. The first-order valence-electron chi connectivity index (χ1n) is 7.22. The predicted octanol–water partition coefficient (Wildman–Crippen LogP) is 5.18. The molecule has 134 valence electrons. The highest BCUT2D eigenvalue weighted by Gasteiger charge is 2.34. The van der Waals surface area contributed by atoms with Crippen LogP contribution in [0.15, 0.2) is 52.9 Å². The molecule has 0 aliphatic rings. The summed E-state index contributed by atoms with van der Waals surface area (Å²) in [5, 5.41) is 5.20. The monoisotopic (exact) mass is 490 g/mol. The molecule has 0 atom stereocenters. The average Bonchev–Trinajstić information content (AvgIpc) is 2.99. The van der Waals surface area contributed by atoms with Gasteiger partial charge in [-0.1, -0.05) is 18.2 Å². The highest BCUT2D eigenvalue weighted by atomic mass is 127. The van der Waals surface area contributed by atoms with Crippen LogP contribution in [0.4, 0.5) is 18.9 Å². The molecular weight excluding hydrogens is 480 g/mol. The van der Waals surface area contributed by atoms with Crippen LogP contribution in [0.1, 0.15) is 16.1 Å². The molecule has 0 spiro atoms. The fraction of sp³-hybridized carbons (Fsp3) is 0.0588. The summed E-state index contributed by atoms with van der Waals surface area (Å²) in [4.78, 5) is 12.2. The zero-order valence-corrected chi connectivity index (χ0v) is 15.8. The number of fused-ring (bicyclic) bond motifs is 1. The summed E-state index contributed by atoms with van der Waals surface area (Å²) in [5.41, 5.74) is -0.592. The molecule has 2 N–H and O–H groups in total. The van der Waals surface area contributed by atoms with Crippen molar-refractivity contribution in [2.75, 3.05) is 5.32 Å². The topological polar surface area (TPSA) is 54.3 Å². The molecule has 0 fully saturated rings. The van der Waals surface area contributed by atoms with Gasteiger partial charge in [-0.25, -0.2) is 0 Å². The van der Waals surface area contributed by atoms with Crippen molar-refractivity contribution in [1.29, 1.82) is 0 Å². The summed E-state index contributed by atoms with van der Waals surface area (Å²) in [6, 6.07) is 12.3. The number of furan rings is 1. The van der Waals surface area contributed by atoms with Gasteiger partial charge in [-0.15, -0.1) is 0 Å². The van der Waals surface area contributed by atoms with Crippen molar-refractivity contribution in [2.24, 2.45) is 0 Å². The van der Waals surface area contributed by atoms with E-state index in [0.29, 0.717) is 9.15 Å². The van der Waals surface area contributed by atoms with Crippen LogP contribution in [0.25, 0.3) is 11.0 Å². The van der Waals surface area contributed by atoms with Gasteiger partial charge in [-0.05, 0) is 65.1 Å². The van der Waals surface area contributed by atoms with E-state index in [1.165, 1.54) is 18.2 Å². The van der Waals surface area contributed by atoms with E-state index in [1.54, 1.807) is 46.9 Å². The first-order chi connectivity index (χ1) is 12.2. The highest BCUT2D eigenvalue weighted by molar-refractivity contribution is 14.1. The number of carbonyl (C=O) groups is 1. The smallest absolute Gasteiger partial charge is 0.418 e. The highest BCUT2D eigenvalue weighted by Crippen LogP contribution is 2.35. The minimum Gasteiger partial charge on any atom is -0.451 e. The summed E-state index contributed by atoms with van der Waals surface area (Å²) in [6.45, 7) is 0. The van der Waals surface area contributed by atoms with Crippen LogP contribution < -0.4 is 10.6 Å². The lowest BCUT2D eigenvalue weighted by Crippen LogP contribution is -2.34. The molecule has 1 heterocycles. The quantitative estimate of drug-likeness (QED) is 0.384. The number of para-hydroxylation sites is 1. The number of carbonyl (C=O) groups excluding carboxylic acids is 1. The van der Waals surface area contributed by atoms with Crippen LogP contribution in [-0.4, -0.2) is 11.0 Å². The standard InChI is InChI=1S/C17H10F3IN2O2S/c18-17(19,20)11-8-10(21)5-6-12(11)22-16(26)23-15(24)14-7-9-3-1-2-4-13(9)25-14/h1-8H,(H2,22,23,24,26). The van der Waals surface area contributed by atoms with Crippen LogP contribution in [0.5, 0.6) is 0 Å². The summed E-state index contributed by atoms with van der Waals surface area (Å²) in [5.74, 6) is -0.647. The number of benzene rings is 2. The number of nitrogens with one attached hydrogen (secondary N) is 2. The van der Waals surface area contributed by atoms with Gasteiger partial charge in [0.1, 0.15) is 5.58 Å². The van der Waals surface area contributed by atoms with Crippen LogP contribution in [0.3, 0.4) is 0 Å². The van der Waals surface area contributed by atoms with Crippen molar-refractivity contribution in [3.05, 3.63) is 63.4 Å². The molecule has 3 rings (SSSR count). The summed E-state index contributed by atoms with van der Waals surface area (Å²) in [7, 11) is 0. The van der Waals surface area contributed by atoms with E-state index in [-0.39, 0.29) is 16.6 Å². The van der Waals surface area contributed by atoms with Crippen molar-refractivity contribution < 1.29 is 22.4 Å². The molecule has 1 aromatic heterocycles. The lowest BCUT2D eigenvalue weighted by molar-refractivity contribution is -0.137. The molecule has 0 saturated carbocycles. The fourth-order valence-electron chi connectivity index (χ4n) is 2.27. The van der Waals surface area contributed by atoms with Gasteiger partial charge in [0.05, 0.1) is 11.3 Å². The molecular formula is C17H10F3IN2O2S. The van der Waals surface area contributed by atoms with E-state index in [2.05, 4.69) is 10.6 Å². The molecule has 0 saturated heterocycles. The Hall–Kier alpha value is -2.14. The van der Waals surface area contributed by atoms with E-state index in [9.17, 15) is 18.0 Å². The third-order valence-electron chi connectivity index (χ3n) is 3.41. The van der Waals surface area contributed by atoms with Gasteiger partial charge in [0, 0.05) is 8.96 Å². The number of halogens is 4. The molecule has 26 heavy (non-hydrogen) atoms. The van der Waals surface area contributed by atoms with E-state index in [1.807, 2.05) is 0 Å². The second-order valence-electron chi connectivity index (χ2n) is 5.24. The number of hydrogen-bond acceptors (Lipinski definition) is 3. The van der Waals surface area contributed by atoms with E-state index in [4.69, 9.17) is 16.6 Å². The molecule has 0 radical (unpaired) electrons. The summed E-state index contributed by atoms with van der Waals surface area (Å²) >= 11 is 6.74. The van der Waals surface area contributed by atoms with Gasteiger partial charge in [0.15, 0.2) is 10.9 Å². The molecule has 0 aliphatic heterocycles. The molecule has 3 aromatic rings. The maximum Gasteiger partial charge on any atom is 0.418 e. The maximum atomic E-state index is 13.1. The van der Waals surface area contributed by atoms with Crippen molar-refractivity contribution >= 4 is 62.5 Å². The lowest BCUT2D eigenvalue weighted by atomic mass is 10.1. The van der Waals surface area contributed by atoms with Gasteiger partial charge in [0.2, 0.25) is 0 Å². The molecule has 0 bridgehead atoms. The zero-order valence-electron chi connectivity index (χ0n) is 12.9. The van der Waals surface area contributed by atoms with Gasteiger partial charge in [0.25, 0.3) is 5.91 Å². The van der Waals surface area contributed by atoms with Gasteiger partial charge >= 0.3 is 6.18 Å². The number of thiocarbonyl (C=S) groups is 1. The molecule has 0 aliphatic carbocycles. The molecule has 1 amide bonds. The van der Waals surface area contributed by atoms with Crippen LogP contribution in [0, 0.1) is 3.57 Å². The number of hydrogen-bond donors (Lipinski definition) is 2. The molecule has 9 heteroatoms. The van der Waals surface area contributed by atoms with Crippen molar-refractivity contribution in [3.8, 4) is 0 Å². The van der Waals surface area contributed by atoms with Gasteiger partial charge in [-0.2, -0.15) is 13.2 Å². The Morgan fingerprint density at radius 2 is 1.85 bits per heavy atom. The van der Waals surface area contributed by atoms with Crippen LogP contribution in [0.2, 0.25) is 0 Å². The van der Waals surface area contributed by atoms with Crippen molar-refractivity contribution in [1.82, 2.24) is 5.32 Å². The minimum absolute atomic E-state index is 0.00834. The Kier molecular flexibility index (Phi) is 5.19. The van der Waals surface area contributed by atoms with E-state index < -0.39 is 17.6 Å². The van der Waals surface area contributed by atoms with Gasteiger partial charge < -0.3 is 9.73 Å². The first-order valence-corrected chi connectivity index (χ1v) is 8.70. The fourth-order valence-corrected chi connectivity index (χ4v) is 2.97. The van der Waals surface area contributed by atoms with Crippen LogP contribution >= 0.6 is 34.8 Å².